The first kappa shape index (κ1) is 14.0. The minimum atomic E-state index is 0.407. The molecule has 1 fully saturated rings. The molecule has 1 aliphatic carbocycles. The number of hydrogen-bond acceptors (Lipinski definition) is 2. The highest BCUT2D eigenvalue weighted by Crippen LogP contribution is 2.39. The molecule has 0 bridgehead atoms. The summed E-state index contributed by atoms with van der Waals surface area (Å²) in [4.78, 5) is 0. The van der Waals surface area contributed by atoms with Gasteiger partial charge in [0.15, 0.2) is 0 Å². The van der Waals surface area contributed by atoms with Crippen molar-refractivity contribution in [1.29, 1.82) is 0 Å². The minimum absolute atomic E-state index is 0.407. The molecule has 0 saturated heterocycles. The van der Waals surface area contributed by atoms with E-state index in [2.05, 4.69) is 45.4 Å². The second-order valence-corrected chi connectivity index (χ2v) is 6.63. The molecule has 0 aromatic rings. The molecule has 0 amide bonds. The van der Waals surface area contributed by atoms with Crippen LogP contribution in [0.1, 0.15) is 47.0 Å². The monoisotopic (exact) mass is 226 g/mol. The van der Waals surface area contributed by atoms with Gasteiger partial charge in [-0.15, -0.1) is 0 Å². The molecule has 2 N–H and O–H groups in total. The number of rotatable bonds is 7. The molecule has 2 nitrogen and oxygen atoms in total. The van der Waals surface area contributed by atoms with Gasteiger partial charge in [-0.05, 0) is 36.6 Å². The van der Waals surface area contributed by atoms with Crippen molar-refractivity contribution in [3.8, 4) is 0 Å². The molecule has 0 heterocycles. The third-order valence-electron chi connectivity index (χ3n) is 4.61. The van der Waals surface area contributed by atoms with E-state index in [1.165, 1.54) is 32.4 Å². The SMILES string of the molecule is CNCC1(CNCC(C)(C)C(C)C)CCC1. The summed E-state index contributed by atoms with van der Waals surface area (Å²) in [6.07, 6.45) is 4.20. The second kappa shape index (κ2) is 5.50. The van der Waals surface area contributed by atoms with Crippen LogP contribution in [0, 0.1) is 16.7 Å². The molecule has 16 heavy (non-hydrogen) atoms. The van der Waals surface area contributed by atoms with Crippen molar-refractivity contribution in [1.82, 2.24) is 10.6 Å². The van der Waals surface area contributed by atoms with Crippen molar-refractivity contribution < 1.29 is 0 Å². The summed E-state index contributed by atoms with van der Waals surface area (Å²) < 4.78 is 0. The molecule has 0 unspecified atom stereocenters. The van der Waals surface area contributed by atoms with E-state index in [1.807, 2.05) is 0 Å². The van der Waals surface area contributed by atoms with Crippen molar-refractivity contribution >= 4 is 0 Å². The average Bonchev–Trinajstić information content (AvgIpc) is 2.13. The zero-order chi connectivity index (χ0) is 12.2. The fourth-order valence-electron chi connectivity index (χ4n) is 2.32. The van der Waals surface area contributed by atoms with Crippen LogP contribution in [0.25, 0.3) is 0 Å². The van der Waals surface area contributed by atoms with Gasteiger partial charge >= 0.3 is 0 Å². The summed E-state index contributed by atoms with van der Waals surface area (Å²) in [6.45, 7) is 12.8. The molecule has 0 aromatic heterocycles. The molecular formula is C14H30N2. The van der Waals surface area contributed by atoms with Gasteiger partial charge in [-0.3, -0.25) is 0 Å². The number of hydrogen-bond donors (Lipinski definition) is 2. The van der Waals surface area contributed by atoms with E-state index in [0.29, 0.717) is 10.8 Å². The van der Waals surface area contributed by atoms with E-state index in [-0.39, 0.29) is 0 Å². The third-order valence-corrected chi connectivity index (χ3v) is 4.61. The van der Waals surface area contributed by atoms with Crippen molar-refractivity contribution in [2.45, 2.75) is 47.0 Å². The Kier molecular flexibility index (Phi) is 4.81. The molecule has 0 spiro atoms. The normalized spacial score (nSPS) is 19.9. The fourth-order valence-corrected chi connectivity index (χ4v) is 2.32. The van der Waals surface area contributed by atoms with Gasteiger partial charge in [-0.2, -0.15) is 0 Å². The Hall–Kier alpha value is -0.0800. The van der Waals surface area contributed by atoms with Crippen LogP contribution >= 0.6 is 0 Å². The third kappa shape index (κ3) is 3.46. The van der Waals surface area contributed by atoms with Gasteiger partial charge in [0.25, 0.3) is 0 Å². The highest BCUT2D eigenvalue weighted by Gasteiger charge is 2.36. The highest BCUT2D eigenvalue weighted by atomic mass is 14.9. The molecule has 0 aliphatic heterocycles. The largest absolute Gasteiger partial charge is 0.319 e. The van der Waals surface area contributed by atoms with Gasteiger partial charge in [-0.1, -0.05) is 34.1 Å². The van der Waals surface area contributed by atoms with Crippen LogP contribution in [-0.4, -0.2) is 26.7 Å². The zero-order valence-electron chi connectivity index (χ0n) is 11.8. The molecule has 0 atom stereocenters. The van der Waals surface area contributed by atoms with Crippen molar-refractivity contribution in [3.05, 3.63) is 0 Å². The van der Waals surface area contributed by atoms with E-state index in [1.54, 1.807) is 0 Å². The summed E-state index contributed by atoms with van der Waals surface area (Å²) in [5.41, 5.74) is 0.965. The summed E-state index contributed by atoms with van der Waals surface area (Å²) >= 11 is 0. The molecular weight excluding hydrogens is 196 g/mol. The van der Waals surface area contributed by atoms with Gasteiger partial charge < -0.3 is 10.6 Å². The van der Waals surface area contributed by atoms with Crippen molar-refractivity contribution in [2.24, 2.45) is 16.7 Å². The van der Waals surface area contributed by atoms with E-state index >= 15 is 0 Å². The first-order valence-electron chi connectivity index (χ1n) is 6.77. The average molecular weight is 226 g/mol. The Labute approximate surface area is 102 Å². The zero-order valence-corrected chi connectivity index (χ0v) is 11.8. The van der Waals surface area contributed by atoms with Gasteiger partial charge in [0.2, 0.25) is 0 Å². The minimum Gasteiger partial charge on any atom is -0.319 e. The van der Waals surface area contributed by atoms with Crippen LogP contribution in [0.4, 0.5) is 0 Å². The van der Waals surface area contributed by atoms with Crippen LogP contribution < -0.4 is 10.6 Å². The lowest BCUT2D eigenvalue weighted by atomic mass is 9.68. The molecule has 2 heteroatoms. The Morgan fingerprint density at radius 2 is 1.81 bits per heavy atom. The lowest BCUT2D eigenvalue weighted by Crippen LogP contribution is -2.48. The van der Waals surface area contributed by atoms with Crippen LogP contribution in [0.3, 0.4) is 0 Å². The summed E-state index contributed by atoms with van der Waals surface area (Å²) in [5.74, 6) is 0.738. The van der Waals surface area contributed by atoms with E-state index in [0.717, 1.165) is 12.5 Å². The summed E-state index contributed by atoms with van der Waals surface area (Å²) in [5, 5.41) is 7.04. The van der Waals surface area contributed by atoms with E-state index < -0.39 is 0 Å². The first-order valence-corrected chi connectivity index (χ1v) is 6.77. The van der Waals surface area contributed by atoms with Crippen LogP contribution in [0.5, 0.6) is 0 Å². The standard InChI is InChI=1S/C14H30N2/c1-12(2)13(3,4)9-16-11-14(10-15-5)7-6-8-14/h12,15-16H,6-11H2,1-5H3. The number of nitrogens with one attached hydrogen (secondary N) is 2. The van der Waals surface area contributed by atoms with E-state index in [9.17, 15) is 0 Å². The molecule has 1 rings (SSSR count). The Morgan fingerprint density at radius 3 is 2.19 bits per heavy atom. The molecule has 0 radical (unpaired) electrons. The van der Waals surface area contributed by atoms with Gasteiger partial charge in [0.05, 0.1) is 0 Å². The van der Waals surface area contributed by atoms with Gasteiger partial charge in [-0.25, -0.2) is 0 Å². The lowest BCUT2D eigenvalue weighted by molar-refractivity contribution is 0.120. The van der Waals surface area contributed by atoms with Gasteiger partial charge in [0.1, 0.15) is 0 Å². The lowest BCUT2D eigenvalue weighted by Gasteiger charge is -2.43. The summed E-state index contributed by atoms with van der Waals surface area (Å²) in [7, 11) is 2.07. The second-order valence-electron chi connectivity index (χ2n) is 6.63. The quantitative estimate of drug-likeness (QED) is 0.697. The first-order chi connectivity index (χ1) is 7.42. The predicted octanol–water partition coefficient (Wildman–Crippen LogP) is 2.65. The highest BCUT2D eigenvalue weighted by molar-refractivity contribution is 4.91. The Morgan fingerprint density at radius 1 is 1.19 bits per heavy atom. The predicted molar refractivity (Wildman–Crippen MR) is 71.7 cm³/mol. The molecule has 96 valence electrons. The smallest absolute Gasteiger partial charge is 0.00202 e. The van der Waals surface area contributed by atoms with Crippen molar-refractivity contribution in [2.75, 3.05) is 26.7 Å². The van der Waals surface area contributed by atoms with E-state index in [4.69, 9.17) is 0 Å². The molecule has 1 saturated carbocycles. The van der Waals surface area contributed by atoms with Crippen LogP contribution in [-0.2, 0) is 0 Å². The topological polar surface area (TPSA) is 24.1 Å². The van der Waals surface area contributed by atoms with Crippen molar-refractivity contribution in [3.63, 3.8) is 0 Å². The molecule has 1 aliphatic rings. The Bertz CT molecular complexity index is 205. The maximum atomic E-state index is 3.69. The maximum Gasteiger partial charge on any atom is 0.00202 e. The van der Waals surface area contributed by atoms with Crippen LogP contribution in [0.2, 0.25) is 0 Å². The fraction of sp³-hybridized carbons (Fsp3) is 1.00. The Balaban J connectivity index is 2.29. The summed E-state index contributed by atoms with van der Waals surface area (Å²) in [6, 6.07) is 0. The molecule has 0 aromatic carbocycles. The van der Waals surface area contributed by atoms with Crippen LogP contribution in [0.15, 0.2) is 0 Å². The van der Waals surface area contributed by atoms with Gasteiger partial charge in [0, 0.05) is 19.6 Å². The maximum absolute atomic E-state index is 3.69.